The second-order valence-corrected chi connectivity index (χ2v) is 5.28. The van der Waals surface area contributed by atoms with E-state index in [1.54, 1.807) is 6.08 Å². The van der Waals surface area contributed by atoms with Crippen LogP contribution in [0.25, 0.3) is 0 Å². The summed E-state index contributed by atoms with van der Waals surface area (Å²) in [6.07, 6.45) is 2.97. The second-order valence-electron chi connectivity index (χ2n) is 5.28. The third kappa shape index (κ3) is 6.99. The number of ether oxygens (including phenoxy) is 1. The van der Waals surface area contributed by atoms with Crippen molar-refractivity contribution in [2.45, 2.75) is 72.1 Å². The van der Waals surface area contributed by atoms with Gasteiger partial charge in [-0.05, 0) is 34.1 Å². The molecule has 0 bridgehead atoms. The van der Waals surface area contributed by atoms with Gasteiger partial charge in [0.2, 0.25) is 5.91 Å². The Morgan fingerprint density at radius 1 is 1.21 bits per heavy atom. The van der Waals surface area contributed by atoms with E-state index >= 15 is 0 Å². The van der Waals surface area contributed by atoms with Crippen LogP contribution in [0.1, 0.15) is 53.9 Å². The molecule has 0 saturated carbocycles. The smallest absolute Gasteiger partial charge is 0.302 e. The van der Waals surface area contributed by atoms with Crippen molar-refractivity contribution in [2.75, 3.05) is 0 Å². The predicted molar refractivity (Wildman–Crippen MR) is 76.7 cm³/mol. The monoisotopic (exact) mass is 269 g/mol. The first-order valence-electron chi connectivity index (χ1n) is 6.88. The molecule has 0 unspecified atom stereocenters. The van der Waals surface area contributed by atoms with Gasteiger partial charge in [-0.3, -0.25) is 9.59 Å². The fraction of sp³-hybridized carbons (Fsp3) is 0.733. The highest BCUT2D eigenvalue weighted by Gasteiger charge is 2.21. The molecule has 19 heavy (non-hydrogen) atoms. The number of carbonyl (C=O) groups is 2. The van der Waals surface area contributed by atoms with E-state index in [9.17, 15) is 9.59 Å². The molecule has 0 aromatic rings. The van der Waals surface area contributed by atoms with E-state index in [4.69, 9.17) is 4.74 Å². The minimum absolute atomic E-state index is 0.103. The molecule has 0 N–H and O–H groups in total. The van der Waals surface area contributed by atoms with Gasteiger partial charge in [0.25, 0.3) is 0 Å². The quantitative estimate of drug-likeness (QED) is 0.503. The van der Waals surface area contributed by atoms with Crippen molar-refractivity contribution >= 4 is 11.9 Å². The Morgan fingerprint density at radius 3 is 2.11 bits per heavy atom. The molecule has 0 radical (unpaired) electrons. The zero-order valence-electron chi connectivity index (χ0n) is 12.8. The van der Waals surface area contributed by atoms with Gasteiger partial charge in [0.15, 0.2) is 0 Å². The summed E-state index contributed by atoms with van der Waals surface area (Å²) in [5.74, 6) is -0.213. The summed E-state index contributed by atoms with van der Waals surface area (Å²) in [4.78, 5) is 25.0. The Labute approximate surface area is 116 Å². The van der Waals surface area contributed by atoms with Crippen molar-refractivity contribution < 1.29 is 14.3 Å². The van der Waals surface area contributed by atoms with Gasteiger partial charge in [-0.25, -0.2) is 0 Å². The molecule has 0 saturated heterocycles. The van der Waals surface area contributed by atoms with Crippen LogP contribution < -0.4 is 0 Å². The van der Waals surface area contributed by atoms with Gasteiger partial charge in [-0.2, -0.15) is 0 Å². The summed E-state index contributed by atoms with van der Waals surface area (Å²) < 4.78 is 5.16. The van der Waals surface area contributed by atoms with Crippen LogP contribution in [0.3, 0.4) is 0 Å². The van der Waals surface area contributed by atoms with Crippen molar-refractivity contribution in [3.05, 3.63) is 12.7 Å². The lowest BCUT2D eigenvalue weighted by Gasteiger charge is -2.31. The molecular weight excluding hydrogens is 242 g/mol. The number of hydrogen-bond donors (Lipinski definition) is 0. The number of carbonyl (C=O) groups excluding carboxylic acids is 2. The average Bonchev–Trinajstić information content (AvgIpc) is 2.24. The Bertz CT molecular complexity index is 303. The van der Waals surface area contributed by atoms with Crippen LogP contribution in [-0.4, -0.2) is 35.0 Å². The molecule has 0 aromatic heterocycles. The zero-order chi connectivity index (χ0) is 15.0. The highest BCUT2D eigenvalue weighted by molar-refractivity contribution is 5.76. The Kier molecular flexibility index (Phi) is 8.12. The van der Waals surface area contributed by atoms with Gasteiger partial charge in [-0.1, -0.05) is 6.08 Å². The van der Waals surface area contributed by atoms with Gasteiger partial charge in [0.05, 0.1) is 0 Å². The minimum atomic E-state index is -0.316. The van der Waals surface area contributed by atoms with E-state index in [0.717, 1.165) is 0 Å². The van der Waals surface area contributed by atoms with Crippen LogP contribution in [0.4, 0.5) is 0 Å². The molecule has 4 nitrogen and oxygen atoms in total. The number of amides is 1. The van der Waals surface area contributed by atoms with Gasteiger partial charge in [-0.15, -0.1) is 6.58 Å². The van der Waals surface area contributed by atoms with Gasteiger partial charge >= 0.3 is 5.97 Å². The Morgan fingerprint density at radius 2 is 1.74 bits per heavy atom. The summed E-state index contributed by atoms with van der Waals surface area (Å²) in [5.41, 5.74) is 0. The maximum absolute atomic E-state index is 12.2. The summed E-state index contributed by atoms with van der Waals surface area (Å²) in [6, 6.07) is 0.359. The first-order chi connectivity index (χ1) is 8.79. The fourth-order valence-electron chi connectivity index (χ4n) is 2.23. The van der Waals surface area contributed by atoms with E-state index in [0.29, 0.717) is 19.3 Å². The molecule has 4 heteroatoms. The number of hydrogen-bond acceptors (Lipinski definition) is 3. The summed E-state index contributed by atoms with van der Waals surface area (Å²) in [6.45, 7) is 13.0. The maximum atomic E-state index is 12.2. The topological polar surface area (TPSA) is 46.6 Å². The largest absolute Gasteiger partial charge is 0.462 e. The molecule has 110 valence electrons. The van der Waals surface area contributed by atoms with Gasteiger partial charge in [0.1, 0.15) is 6.10 Å². The molecule has 0 aliphatic carbocycles. The second kappa shape index (κ2) is 8.73. The number of nitrogens with zero attached hydrogens (tertiary/aromatic N) is 1. The highest BCUT2D eigenvalue weighted by atomic mass is 16.5. The molecule has 0 rings (SSSR count). The Balaban J connectivity index is 4.44. The van der Waals surface area contributed by atoms with E-state index in [2.05, 4.69) is 6.58 Å². The van der Waals surface area contributed by atoms with Crippen molar-refractivity contribution in [2.24, 2.45) is 0 Å². The van der Waals surface area contributed by atoms with Crippen molar-refractivity contribution in [3.63, 3.8) is 0 Å². The summed E-state index contributed by atoms with van der Waals surface area (Å²) in [5, 5.41) is 0. The SMILES string of the molecule is C=CC[C@H](CCC(=O)N(C(C)C)C(C)C)OC(C)=O. The first-order valence-corrected chi connectivity index (χ1v) is 6.88. The summed E-state index contributed by atoms with van der Waals surface area (Å²) >= 11 is 0. The van der Waals surface area contributed by atoms with Crippen molar-refractivity contribution in [1.82, 2.24) is 4.90 Å². The Hall–Kier alpha value is -1.32. The van der Waals surface area contributed by atoms with Crippen LogP contribution in [0, 0.1) is 0 Å². The highest BCUT2D eigenvalue weighted by Crippen LogP contribution is 2.13. The van der Waals surface area contributed by atoms with Crippen LogP contribution in [0.5, 0.6) is 0 Å². The lowest BCUT2D eigenvalue weighted by Crippen LogP contribution is -2.42. The average molecular weight is 269 g/mol. The van der Waals surface area contributed by atoms with Gasteiger partial charge < -0.3 is 9.64 Å². The number of esters is 1. The molecule has 0 spiro atoms. The first kappa shape index (κ1) is 17.7. The third-order valence-electron chi connectivity index (χ3n) is 2.84. The minimum Gasteiger partial charge on any atom is -0.462 e. The molecule has 1 amide bonds. The third-order valence-corrected chi connectivity index (χ3v) is 2.84. The molecule has 0 heterocycles. The van der Waals surface area contributed by atoms with E-state index in [1.807, 2.05) is 32.6 Å². The molecule has 0 aliphatic rings. The van der Waals surface area contributed by atoms with E-state index in [-0.39, 0.29) is 30.1 Å². The molecular formula is C15H27NO3. The standard InChI is InChI=1S/C15H27NO3/c1-7-8-14(19-13(6)17)9-10-15(18)16(11(2)3)12(4)5/h7,11-12,14H,1,8-10H2,2-6H3/t14-/m1/s1. The van der Waals surface area contributed by atoms with Crippen LogP contribution in [0.15, 0.2) is 12.7 Å². The normalized spacial score (nSPS) is 12.4. The lowest BCUT2D eigenvalue weighted by atomic mass is 10.1. The van der Waals surface area contributed by atoms with Crippen LogP contribution in [0.2, 0.25) is 0 Å². The van der Waals surface area contributed by atoms with Crippen molar-refractivity contribution in [3.8, 4) is 0 Å². The molecule has 1 atom stereocenters. The maximum Gasteiger partial charge on any atom is 0.302 e. The molecule has 0 aromatic carbocycles. The lowest BCUT2D eigenvalue weighted by molar-refractivity contribution is -0.148. The van der Waals surface area contributed by atoms with E-state index < -0.39 is 0 Å². The predicted octanol–water partition coefficient (Wildman–Crippen LogP) is 2.92. The molecule has 0 fully saturated rings. The fourth-order valence-corrected chi connectivity index (χ4v) is 2.23. The number of rotatable bonds is 8. The van der Waals surface area contributed by atoms with Crippen LogP contribution >= 0.6 is 0 Å². The van der Waals surface area contributed by atoms with Gasteiger partial charge in [0, 0.05) is 31.8 Å². The van der Waals surface area contributed by atoms with Crippen LogP contribution in [-0.2, 0) is 14.3 Å². The zero-order valence-corrected chi connectivity index (χ0v) is 12.8. The molecule has 0 aliphatic heterocycles. The summed E-state index contributed by atoms with van der Waals surface area (Å²) in [7, 11) is 0. The van der Waals surface area contributed by atoms with Crippen molar-refractivity contribution in [1.29, 1.82) is 0 Å². The van der Waals surface area contributed by atoms with E-state index in [1.165, 1.54) is 6.92 Å².